The summed E-state index contributed by atoms with van der Waals surface area (Å²) in [6.07, 6.45) is 11.0. The molecule has 0 aromatic rings. The first-order chi connectivity index (χ1) is 18.2. The fourth-order valence-electron chi connectivity index (χ4n) is 9.93. The highest BCUT2D eigenvalue weighted by atomic mass is 16.5. The zero-order chi connectivity index (χ0) is 26.5. The summed E-state index contributed by atoms with van der Waals surface area (Å²) in [6, 6.07) is 0.191. The minimum Gasteiger partial charge on any atom is -0.458 e. The Bertz CT molecular complexity index is 966. The summed E-state index contributed by atoms with van der Waals surface area (Å²) in [5, 5.41) is 18.7. The molecule has 6 aliphatic rings. The Balaban J connectivity index is 1.06. The molecule has 0 bridgehead atoms. The van der Waals surface area contributed by atoms with Crippen molar-refractivity contribution in [1.29, 1.82) is 0 Å². The van der Waals surface area contributed by atoms with Crippen LogP contribution in [0.4, 0.5) is 4.79 Å². The lowest BCUT2D eigenvalue weighted by molar-refractivity contribution is -0.204. The van der Waals surface area contributed by atoms with Crippen LogP contribution in [0, 0.1) is 34.5 Å². The maximum absolute atomic E-state index is 12.7. The van der Waals surface area contributed by atoms with E-state index in [1.165, 1.54) is 0 Å². The van der Waals surface area contributed by atoms with Gasteiger partial charge in [-0.15, -0.1) is 0 Å². The molecular weight excluding hydrogens is 482 g/mol. The van der Waals surface area contributed by atoms with Gasteiger partial charge in [0, 0.05) is 43.7 Å². The van der Waals surface area contributed by atoms with Crippen molar-refractivity contribution in [2.45, 2.75) is 83.3 Å². The topological polar surface area (TPSA) is 100 Å². The van der Waals surface area contributed by atoms with Gasteiger partial charge in [0.15, 0.2) is 0 Å². The van der Waals surface area contributed by atoms with E-state index >= 15 is 0 Å². The van der Waals surface area contributed by atoms with Gasteiger partial charge in [0.25, 0.3) is 0 Å². The van der Waals surface area contributed by atoms with Crippen molar-refractivity contribution < 1.29 is 24.2 Å². The van der Waals surface area contributed by atoms with Crippen LogP contribution in [-0.2, 0) is 14.3 Å². The second kappa shape index (κ2) is 10.1. The summed E-state index contributed by atoms with van der Waals surface area (Å²) in [7, 11) is 0. The van der Waals surface area contributed by atoms with E-state index in [1.807, 2.05) is 0 Å². The van der Waals surface area contributed by atoms with E-state index in [0.29, 0.717) is 30.9 Å². The molecule has 0 spiro atoms. The Morgan fingerprint density at radius 3 is 2.66 bits per heavy atom. The van der Waals surface area contributed by atoms with Crippen LogP contribution >= 0.6 is 0 Å². The van der Waals surface area contributed by atoms with Gasteiger partial charge in [0.2, 0.25) is 0 Å². The van der Waals surface area contributed by atoms with E-state index in [4.69, 9.17) is 9.47 Å². The number of aliphatic hydroxyl groups is 1. The fourth-order valence-corrected chi connectivity index (χ4v) is 9.93. The predicted molar refractivity (Wildman–Crippen MR) is 143 cm³/mol. The number of esters is 1. The van der Waals surface area contributed by atoms with Crippen molar-refractivity contribution in [2.75, 3.05) is 46.0 Å². The Labute approximate surface area is 227 Å². The van der Waals surface area contributed by atoms with Crippen LogP contribution in [0.1, 0.15) is 71.6 Å². The normalized spacial score (nSPS) is 44.9. The molecule has 0 radical (unpaired) electrons. The number of amides is 2. The molecule has 8 atom stereocenters. The van der Waals surface area contributed by atoms with Gasteiger partial charge < -0.3 is 25.2 Å². The summed E-state index contributed by atoms with van der Waals surface area (Å²) in [5.41, 5.74) is 0.460. The summed E-state index contributed by atoms with van der Waals surface area (Å²) in [4.78, 5) is 26.8. The number of morpholine rings is 1. The van der Waals surface area contributed by atoms with Crippen LogP contribution in [0.15, 0.2) is 11.6 Å². The second-order valence-electron chi connectivity index (χ2n) is 13.6. The Morgan fingerprint density at radius 2 is 1.89 bits per heavy atom. The molecule has 4 saturated carbocycles. The summed E-state index contributed by atoms with van der Waals surface area (Å²) in [5.74, 6) is 1.45. The Morgan fingerprint density at radius 1 is 1.08 bits per heavy atom. The summed E-state index contributed by atoms with van der Waals surface area (Å²) >= 11 is 0. The van der Waals surface area contributed by atoms with Crippen molar-refractivity contribution in [1.82, 2.24) is 15.5 Å². The number of hydrogen-bond acceptors (Lipinski definition) is 6. The molecule has 0 aromatic heterocycles. The zero-order valence-electron chi connectivity index (χ0n) is 23.3. The Kier molecular flexibility index (Phi) is 7.05. The molecule has 2 heterocycles. The number of nitrogens with one attached hydrogen (secondary N) is 2. The highest BCUT2D eigenvalue weighted by Crippen LogP contribution is 2.69. The van der Waals surface area contributed by atoms with Gasteiger partial charge >= 0.3 is 12.0 Å². The SMILES string of the molecule is C[C@]12CC[C@H](NC(=O)NCCN3CCOCC3)C[C@H]1CC[C@@H]1[C@@H]2CC[C@]2(C)[C@@H](C3=CC(=O)OC3)CC[C@]12O. The van der Waals surface area contributed by atoms with Crippen LogP contribution in [0.3, 0.4) is 0 Å². The standard InChI is InChI=1S/C30H47N3O5/c1-28-8-5-22(32-27(35)31-11-12-33-13-15-37-16-14-33)18-21(28)3-4-25-24(28)6-9-29(2)23(7-10-30(25,29)36)20-17-26(34)38-19-20/h17,21-25,36H,3-16,18-19H2,1-2H3,(H2,31,32,35)/t21-,22+,23-,24+,25-,28+,29-,30+/m1/s1. The molecule has 8 heteroatoms. The number of urea groups is 1. The number of ether oxygens (including phenoxy) is 2. The number of carbonyl (C=O) groups is 2. The highest BCUT2D eigenvalue weighted by Gasteiger charge is 2.67. The average Bonchev–Trinajstić information content (AvgIpc) is 3.44. The maximum Gasteiger partial charge on any atom is 0.331 e. The first kappa shape index (κ1) is 26.6. The minimum absolute atomic E-state index is 0.0380. The Hall–Kier alpha value is -1.64. The van der Waals surface area contributed by atoms with E-state index < -0.39 is 5.60 Å². The number of fused-ring (bicyclic) bond motifs is 5. The van der Waals surface area contributed by atoms with E-state index in [0.717, 1.165) is 96.2 Å². The molecule has 3 N–H and O–H groups in total. The number of cyclic esters (lactones) is 1. The zero-order valence-corrected chi connectivity index (χ0v) is 23.3. The van der Waals surface area contributed by atoms with Gasteiger partial charge in [-0.05, 0) is 92.4 Å². The largest absolute Gasteiger partial charge is 0.458 e. The van der Waals surface area contributed by atoms with Crippen molar-refractivity contribution in [2.24, 2.45) is 34.5 Å². The maximum atomic E-state index is 12.7. The predicted octanol–water partition coefficient (Wildman–Crippen LogP) is 3.24. The van der Waals surface area contributed by atoms with Crippen molar-refractivity contribution >= 4 is 12.0 Å². The molecule has 4 aliphatic carbocycles. The van der Waals surface area contributed by atoms with Crippen molar-refractivity contribution in [3.8, 4) is 0 Å². The van der Waals surface area contributed by atoms with Crippen LogP contribution in [0.5, 0.6) is 0 Å². The van der Waals surface area contributed by atoms with Crippen molar-refractivity contribution in [3.05, 3.63) is 11.6 Å². The van der Waals surface area contributed by atoms with Gasteiger partial charge in [0.1, 0.15) is 6.61 Å². The quantitative estimate of drug-likeness (QED) is 0.473. The van der Waals surface area contributed by atoms with Crippen LogP contribution in [0.25, 0.3) is 0 Å². The molecule has 212 valence electrons. The van der Waals surface area contributed by atoms with E-state index in [-0.39, 0.29) is 34.8 Å². The monoisotopic (exact) mass is 529 g/mol. The van der Waals surface area contributed by atoms with Crippen LogP contribution in [0.2, 0.25) is 0 Å². The molecular formula is C30H47N3O5. The van der Waals surface area contributed by atoms with E-state index in [2.05, 4.69) is 29.4 Å². The third kappa shape index (κ3) is 4.39. The fraction of sp³-hybridized carbons (Fsp3) is 0.867. The molecule has 0 unspecified atom stereocenters. The van der Waals surface area contributed by atoms with Gasteiger partial charge in [0.05, 0.1) is 18.8 Å². The molecule has 38 heavy (non-hydrogen) atoms. The molecule has 2 aliphatic heterocycles. The molecule has 5 fully saturated rings. The number of rotatable bonds is 5. The van der Waals surface area contributed by atoms with Crippen molar-refractivity contribution in [3.63, 3.8) is 0 Å². The molecule has 1 saturated heterocycles. The average molecular weight is 530 g/mol. The number of carbonyl (C=O) groups excluding carboxylic acids is 2. The smallest absolute Gasteiger partial charge is 0.331 e. The van der Waals surface area contributed by atoms with Gasteiger partial charge in [-0.25, -0.2) is 9.59 Å². The highest BCUT2D eigenvalue weighted by molar-refractivity contribution is 5.85. The first-order valence-corrected chi connectivity index (χ1v) is 15.2. The lowest BCUT2D eigenvalue weighted by Crippen LogP contribution is -2.63. The lowest BCUT2D eigenvalue weighted by atomic mass is 9.43. The first-order valence-electron chi connectivity index (χ1n) is 15.2. The van der Waals surface area contributed by atoms with Gasteiger partial charge in [-0.3, -0.25) is 4.90 Å². The third-order valence-corrected chi connectivity index (χ3v) is 12.1. The number of nitrogens with zero attached hydrogens (tertiary/aromatic N) is 1. The molecule has 6 rings (SSSR count). The molecule has 8 nitrogen and oxygen atoms in total. The summed E-state index contributed by atoms with van der Waals surface area (Å²) < 4.78 is 10.7. The van der Waals surface area contributed by atoms with E-state index in [9.17, 15) is 14.7 Å². The van der Waals surface area contributed by atoms with Gasteiger partial charge in [-0.2, -0.15) is 0 Å². The van der Waals surface area contributed by atoms with Crippen LogP contribution < -0.4 is 10.6 Å². The minimum atomic E-state index is -0.670. The van der Waals surface area contributed by atoms with Crippen LogP contribution in [-0.4, -0.2) is 79.6 Å². The third-order valence-electron chi connectivity index (χ3n) is 12.1. The molecule has 0 aromatic carbocycles. The van der Waals surface area contributed by atoms with Gasteiger partial charge in [-0.1, -0.05) is 13.8 Å². The van der Waals surface area contributed by atoms with E-state index in [1.54, 1.807) is 6.08 Å². The lowest BCUT2D eigenvalue weighted by Gasteiger charge is -2.63. The molecule has 2 amide bonds. The number of hydrogen-bond donors (Lipinski definition) is 3. The second-order valence-corrected chi connectivity index (χ2v) is 13.6. The summed E-state index contributed by atoms with van der Waals surface area (Å²) in [6.45, 7) is 10.1.